The highest BCUT2D eigenvalue weighted by atomic mass is 16.5. The SMILES string of the molecule is Nc1cc(-c2cccc3c2COCC3)no1. The molecule has 0 aliphatic carbocycles. The summed E-state index contributed by atoms with van der Waals surface area (Å²) in [7, 11) is 0. The topological polar surface area (TPSA) is 61.3 Å². The molecule has 0 saturated heterocycles. The van der Waals surface area contributed by atoms with Gasteiger partial charge in [-0.1, -0.05) is 23.4 Å². The van der Waals surface area contributed by atoms with Crippen molar-refractivity contribution in [3.63, 3.8) is 0 Å². The first-order valence-electron chi connectivity index (χ1n) is 5.25. The number of rotatable bonds is 1. The van der Waals surface area contributed by atoms with E-state index in [4.69, 9.17) is 15.0 Å². The summed E-state index contributed by atoms with van der Waals surface area (Å²) in [5.74, 6) is 0.337. The molecule has 82 valence electrons. The Hall–Kier alpha value is -1.81. The van der Waals surface area contributed by atoms with E-state index in [9.17, 15) is 0 Å². The van der Waals surface area contributed by atoms with Crippen molar-refractivity contribution in [1.82, 2.24) is 5.16 Å². The number of ether oxygens (including phenoxy) is 1. The summed E-state index contributed by atoms with van der Waals surface area (Å²) in [6, 6.07) is 7.92. The van der Waals surface area contributed by atoms with Crippen LogP contribution in [-0.4, -0.2) is 11.8 Å². The van der Waals surface area contributed by atoms with Gasteiger partial charge < -0.3 is 15.0 Å². The molecule has 1 aromatic heterocycles. The number of nitrogen functional groups attached to an aromatic ring is 1. The largest absolute Gasteiger partial charge is 0.376 e. The maximum Gasteiger partial charge on any atom is 0.222 e. The zero-order valence-electron chi connectivity index (χ0n) is 8.77. The van der Waals surface area contributed by atoms with Crippen LogP contribution >= 0.6 is 0 Å². The van der Waals surface area contributed by atoms with Gasteiger partial charge in [-0.05, 0) is 17.5 Å². The molecule has 0 atom stereocenters. The average Bonchev–Trinajstić information content (AvgIpc) is 2.75. The molecule has 0 unspecified atom stereocenters. The van der Waals surface area contributed by atoms with Gasteiger partial charge in [0.1, 0.15) is 5.69 Å². The van der Waals surface area contributed by atoms with Crippen LogP contribution in [0.5, 0.6) is 0 Å². The summed E-state index contributed by atoms with van der Waals surface area (Å²) in [6.07, 6.45) is 0.955. The average molecular weight is 216 g/mol. The van der Waals surface area contributed by atoms with E-state index >= 15 is 0 Å². The van der Waals surface area contributed by atoms with E-state index in [2.05, 4.69) is 11.2 Å². The van der Waals surface area contributed by atoms with E-state index in [0.29, 0.717) is 12.5 Å². The van der Waals surface area contributed by atoms with E-state index in [1.54, 1.807) is 6.07 Å². The van der Waals surface area contributed by atoms with Gasteiger partial charge in [0.15, 0.2) is 0 Å². The standard InChI is InChI=1S/C12H12N2O2/c13-12-6-11(14-16-12)9-3-1-2-8-4-5-15-7-10(8)9/h1-3,6H,4-5,7,13H2. The van der Waals surface area contributed by atoms with Crippen molar-refractivity contribution in [2.45, 2.75) is 13.0 Å². The number of fused-ring (bicyclic) bond motifs is 1. The molecule has 1 aliphatic rings. The predicted octanol–water partition coefficient (Wildman–Crippen LogP) is 2.00. The summed E-state index contributed by atoms with van der Waals surface area (Å²) in [5, 5.41) is 3.94. The van der Waals surface area contributed by atoms with E-state index in [1.807, 2.05) is 12.1 Å². The van der Waals surface area contributed by atoms with Crippen LogP contribution in [0.25, 0.3) is 11.3 Å². The van der Waals surface area contributed by atoms with Crippen LogP contribution in [0.4, 0.5) is 5.88 Å². The van der Waals surface area contributed by atoms with Crippen LogP contribution in [0.15, 0.2) is 28.8 Å². The smallest absolute Gasteiger partial charge is 0.222 e. The number of benzene rings is 1. The highest BCUT2D eigenvalue weighted by molar-refractivity contribution is 5.66. The quantitative estimate of drug-likeness (QED) is 0.791. The van der Waals surface area contributed by atoms with Gasteiger partial charge in [0.25, 0.3) is 0 Å². The van der Waals surface area contributed by atoms with Gasteiger partial charge in [-0.15, -0.1) is 0 Å². The molecule has 1 aromatic carbocycles. The molecular weight excluding hydrogens is 204 g/mol. The van der Waals surface area contributed by atoms with Crippen molar-refractivity contribution in [2.24, 2.45) is 0 Å². The number of hydrogen-bond donors (Lipinski definition) is 1. The Morgan fingerprint density at radius 2 is 2.25 bits per heavy atom. The predicted molar refractivity (Wildman–Crippen MR) is 59.7 cm³/mol. The van der Waals surface area contributed by atoms with Gasteiger partial charge in [-0.25, -0.2) is 0 Å². The van der Waals surface area contributed by atoms with E-state index in [0.717, 1.165) is 24.3 Å². The molecule has 0 amide bonds. The molecule has 0 spiro atoms. The Morgan fingerprint density at radius 3 is 3.06 bits per heavy atom. The molecule has 2 aromatic rings. The third-order valence-electron chi connectivity index (χ3n) is 2.84. The zero-order chi connectivity index (χ0) is 11.0. The van der Waals surface area contributed by atoms with E-state index in [1.165, 1.54) is 11.1 Å². The third kappa shape index (κ3) is 1.47. The minimum absolute atomic E-state index is 0.337. The molecule has 4 nitrogen and oxygen atoms in total. The number of nitrogens with two attached hydrogens (primary N) is 1. The monoisotopic (exact) mass is 216 g/mol. The highest BCUT2D eigenvalue weighted by Gasteiger charge is 2.16. The summed E-state index contributed by atoms with van der Waals surface area (Å²) >= 11 is 0. The highest BCUT2D eigenvalue weighted by Crippen LogP contribution is 2.29. The maximum absolute atomic E-state index is 5.53. The lowest BCUT2D eigenvalue weighted by molar-refractivity contribution is 0.111. The Morgan fingerprint density at radius 1 is 1.31 bits per heavy atom. The van der Waals surface area contributed by atoms with Crippen LogP contribution in [0.2, 0.25) is 0 Å². The second kappa shape index (κ2) is 3.64. The lowest BCUT2D eigenvalue weighted by Crippen LogP contribution is -2.10. The second-order valence-corrected chi connectivity index (χ2v) is 3.86. The molecule has 0 radical (unpaired) electrons. The first-order valence-corrected chi connectivity index (χ1v) is 5.25. The summed E-state index contributed by atoms with van der Waals surface area (Å²) < 4.78 is 10.4. The molecule has 0 saturated carbocycles. The first-order chi connectivity index (χ1) is 7.84. The molecule has 0 fully saturated rings. The van der Waals surface area contributed by atoms with E-state index in [-0.39, 0.29) is 0 Å². The normalized spacial score (nSPS) is 14.8. The third-order valence-corrected chi connectivity index (χ3v) is 2.84. The van der Waals surface area contributed by atoms with Gasteiger partial charge in [0.05, 0.1) is 13.2 Å². The number of nitrogens with zero attached hydrogens (tertiary/aromatic N) is 1. The van der Waals surface area contributed by atoms with Crippen LogP contribution in [0, 0.1) is 0 Å². The molecule has 2 N–H and O–H groups in total. The van der Waals surface area contributed by atoms with Crippen molar-refractivity contribution in [2.75, 3.05) is 12.3 Å². The Kier molecular flexibility index (Phi) is 2.15. The molecule has 1 aliphatic heterocycles. The van der Waals surface area contributed by atoms with Gasteiger partial charge in [-0.2, -0.15) is 0 Å². The van der Waals surface area contributed by atoms with Crippen molar-refractivity contribution in [1.29, 1.82) is 0 Å². The lowest BCUT2D eigenvalue weighted by Gasteiger charge is -2.18. The van der Waals surface area contributed by atoms with Crippen molar-refractivity contribution in [3.8, 4) is 11.3 Å². The van der Waals surface area contributed by atoms with Crippen molar-refractivity contribution < 1.29 is 9.26 Å². The van der Waals surface area contributed by atoms with E-state index < -0.39 is 0 Å². The summed E-state index contributed by atoms with van der Waals surface area (Å²) in [4.78, 5) is 0. The van der Waals surface area contributed by atoms with Crippen LogP contribution in [-0.2, 0) is 17.8 Å². The Labute approximate surface area is 93.0 Å². The molecule has 4 heteroatoms. The minimum Gasteiger partial charge on any atom is -0.376 e. The van der Waals surface area contributed by atoms with Crippen molar-refractivity contribution in [3.05, 3.63) is 35.4 Å². The Bertz CT molecular complexity index is 519. The van der Waals surface area contributed by atoms with Crippen LogP contribution < -0.4 is 5.73 Å². The van der Waals surface area contributed by atoms with Crippen molar-refractivity contribution >= 4 is 5.88 Å². The molecule has 2 heterocycles. The fourth-order valence-electron chi connectivity index (χ4n) is 2.05. The van der Waals surface area contributed by atoms with Gasteiger partial charge >= 0.3 is 0 Å². The first kappa shape index (κ1) is 9.42. The van der Waals surface area contributed by atoms with Gasteiger partial charge in [-0.3, -0.25) is 0 Å². The fourth-order valence-corrected chi connectivity index (χ4v) is 2.05. The summed E-state index contributed by atoms with van der Waals surface area (Å²) in [6.45, 7) is 1.43. The second-order valence-electron chi connectivity index (χ2n) is 3.86. The maximum atomic E-state index is 5.53. The molecule has 0 bridgehead atoms. The summed E-state index contributed by atoms with van der Waals surface area (Å²) in [5.41, 5.74) is 9.88. The molecule has 3 rings (SSSR count). The number of aromatic nitrogens is 1. The minimum atomic E-state index is 0.337. The number of anilines is 1. The van der Waals surface area contributed by atoms with Crippen LogP contribution in [0.3, 0.4) is 0 Å². The van der Waals surface area contributed by atoms with Gasteiger partial charge in [0, 0.05) is 11.6 Å². The fraction of sp³-hybridized carbons (Fsp3) is 0.250. The molecule has 16 heavy (non-hydrogen) atoms. The zero-order valence-corrected chi connectivity index (χ0v) is 8.77. The Balaban J connectivity index is 2.13. The number of hydrogen-bond acceptors (Lipinski definition) is 4. The van der Waals surface area contributed by atoms with Crippen LogP contribution in [0.1, 0.15) is 11.1 Å². The lowest BCUT2D eigenvalue weighted by atomic mass is 9.96. The van der Waals surface area contributed by atoms with Gasteiger partial charge in [0.2, 0.25) is 5.88 Å². The molecular formula is C12H12N2O2.